The Hall–Kier alpha value is -0.920. The van der Waals surface area contributed by atoms with Crippen LogP contribution in [0.2, 0.25) is 0 Å². The van der Waals surface area contributed by atoms with Crippen molar-refractivity contribution < 1.29 is 22.5 Å². The van der Waals surface area contributed by atoms with Gasteiger partial charge in [-0.2, -0.15) is 8.42 Å². The van der Waals surface area contributed by atoms with Crippen LogP contribution in [0, 0.1) is 0 Å². The molecule has 0 aromatic carbocycles. The fraction of sp³-hybridized carbons (Fsp3) is 0.667. The quantitative estimate of drug-likeness (QED) is 0.414. The first-order valence-electron chi connectivity index (χ1n) is 4.65. The highest BCUT2D eigenvalue weighted by molar-refractivity contribution is 7.87. The minimum atomic E-state index is -4.51. The lowest BCUT2D eigenvalue weighted by molar-refractivity contribution is -0.147. The van der Waals surface area contributed by atoms with Crippen LogP contribution in [-0.4, -0.2) is 49.4 Å². The number of nitrogens with zero attached hydrogens (tertiary/aromatic N) is 1. The zero-order chi connectivity index (χ0) is 13.0. The fourth-order valence-electron chi connectivity index (χ4n) is 1.24. The average molecular weight is 251 g/mol. The molecule has 0 aromatic rings. The van der Waals surface area contributed by atoms with Gasteiger partial charge in [0.1, 0.15) is 0 Å². The van der Waals surface area contributed by atoms with Gasteiger partial charge >= 0.3 is 16.1 Å². The molecule has 0 saturated carbocycles. The average Bonchev–Trinajstić information content (AvgIpc) is 2.13. The molecule has 0 fully saturated rings. The van der Waals surface area contributed by atoms with Crippen LogP contribution in [0.5, 0.6) is 0 Å². The number of carbonyl (C=O) groups is 1. The van der Waals surface area contributed by atoms with Crippen molar-refractivity contribution in [2.45, 2.75) is 18.3 Å². The van der Waals surface area contributed by atoms with Crippen molar-refractivity contribution >= 4 is 16.1 Å². The predicted octanol–water partition coefficient (Wildman–Crippen LogP) is 0.271. The van der Waals surface area contributed by atoms with E-state index in [-0.39, 0.29) is 13.0 Å². The summed E-state index contributed by atoms with van der Waals surface area (Å²) in [6.07, 6.45) is 0.800. The third kappa shape index (κ3) is 3.58. The second-order valence-corrected chi connectivity index (χ2v) is 5.30. The zero-order valence-electron chi connectivity index (χ0n) is 9.63. The maximum absolute atomic E-state index is 11.3. The summed E-state index contributed by atoms with van der Waals surface area (Å²) in [6, 6.07) is 0. The van der Waals surface area contributed by atoms with Gasteiger partial charge in [-0.25, -0.2) is 4.79 Å². The largest absolute Gasteiger partial charge is 0.435 e. The molecule has 1 atom stereocenters. The zero-order valence-corrected chi connectivity index (χ0v) is 10.5. The monoisotopic (exact) mass is 251 g/mol. The van der Waals surface area contributed by atoms with Gasteiger partial charge in [-0.15, -0.1) is 0 Å². The summed E-state index contributed by atoms with van der Waals surface area (Å²) in [5, 5.41) is 0. The van der Waals surface area contributed by atoms with Gasteiger partial charge in [-0.05, 0) is 14.1 Å². The van der Waals surface area contributed by atoms with Gasteiger partial charge in [0.25, 0.3) is 0 Å². The Morgan fingerprint density at radius 1 is 1.56 bits per heavy atom. The maximum Gasteiger partial charge on any atom is 0.331 e. The number of hydrogen-bond acceptors (Lipinski definition) is 5. The molecule has 0 saturated heterocycles. The van der Waals surface area contributed by atoms with Crippen LogP contribution in [0.25, 0.3) is 0 Å². The number of rotatable bonds is 6. The van der Waals surface area contributed by atoms with Gasteiger partial charge < -0.3 is 9.64 Å². The normalized spacial score (nSPS) is 15.6. The van der Waals surface area contributed by atoms with Gasteiger partial charge in [-0.1, -0.05) is 13.5 Å². The second-order valence-electron chi connectivity index (χ2n) is 3.60. The van der Waals surface area contributed by atoms with E-state index in [4.69, 9.17) is 9.29 Å². The first-order valence-corrected chi connectivity index (χ1v) is 6.09. The molecule has 0 heterocycles. The lowest BCUT2D eigenvalue weighted by Crippen LogP contribution is -2.49. The van der Waals surface area contributed by atoms with Crippen LogP contribution >= 0.6 is 0 Å². The Balaban J connectivity index is 5.29. The molecule has 0 aliphatic heterocycles. The van der Waals surface area contributed by atoms with Gasteiger partial charge in [0.2, 0.25) is 4.93 Å². The van der Waals surface area contributed by atoms with Crippen molar-refractivity contribution in [2.75, 3.05) is 20.6 Å². The van der Waals surface area contributed by atoms with E-state index in [2.05, 4.69) is 6.58 Å². The number of ether oxygens (including phenoxy) is 1. The minimum absolute atomic E-state index is 0.0520. The van der Waals surface area contributed by atoms with E-state index in [1.54, 1.807) is 14.1 Å². The van der Waals surface area contributed by atoms with Crippen LogP contribution in [0.1, 0.15) is 13.3 Å². The number of carbonyl (C=O) groups excluding carboxylic acids is 1. The molecule has 0 aromatic heterocycles. The van der Waals surface area contributed by atoms with E-state index >= 15 is 0 Å². The van der Waals surface area contributed by atoms with Gasteiger partial charge in [-0.3, -0.25) is 4.55 Å². The van der Waals surface area contributed by atoms with Crippen LogP contribution in [-0.2, 0) is 19.6 Å². The molecule has 0 bridgehead atoms. The van der Waals surface area contributed by atoms with E-state index in [0.29, 0.717) is 0 Å². The minimum Gasteiger partial charge on any atom is -0.435 e. The molecule has 0 amide bonds. The molecule has 1 N–H and O–H groups in total. The molecule has 0 radical (unpaired) electrons. The summed E-state index contributed by atoms with van der Waals surface area (Å²) in [4.78, 5) is 10.6. The summed E-state index contributed by atoms with van der Waals surface area (Å²) < 4.78 is 36.5. The van der Waals surface area contributed by atoms with E-state index in [1.807, 2.05) is 0 Å². The molecule has 0 aliphatic carbocycles. The first kappa shape index (κ1) is 15.1. The first-order chi connectivity index (χ1) is 7.18. The van der Waals surface area contributed by atoms with Crippen LogP contribution < -0.4 is 0 Å². The number of likely N-dealkylation sites (N-methyl/N-ethyl adjacent to an activating group) is 1. The Labute approximate surface area is 95.6 Å². The Kier molecular flexibility index (Phi) is 5.11. The molecule has 6 nitrogen and oxygen atoms in total. The van der Waals surface area contributed by atoms with Gasteiger partial charge in [0.05, 0.1) is 6.54 Å². The topological polar surface area (TPSA) is 83.9 Å². The van der Waals surface area contributed by atoms with Crippen molar-refractivity contribution in [1.29, 1.82) is 0 Å². The highest BCUT2D eigenvalue weighted by Crippen LogP contribution is 2.24. The third-order valence-electron chi connectivity index (χ3n) is 2.02. The van der Waals surface area contributed by atoms with Crippen LogP contribution in [0.3, 0.4) is 0 Å². The van der Waals surface area contributed by atoms with Crippen LogP contribution in [0.4, 0.5) is 0 Å². The summed E-state index contributed by atoms with van der Waals surface area (Å²) in [5.74, 6) is -0.888. The smallest absolute Gasteiger partial charge is 0.331 e. The van der Waals surface area contributed by atoms with Crippen molar-refractivity contribution in [3.05, 3.63) is 12.7 Å². The molecule has 7 heteroatoms. The van der Waals surface area contributed by atoms with E-state index in [9.17, 15) is 13.2 Å². The van der Waals surface area contributed by atoms with Crippen LogP contribution in [0.15, 0.2) is 12.7 Å². The Morgan fingerprint density at radius 3 is 2.31 bits per heavy atom. The molecular weight excluding hydrogens is 234 g/mol. The highest BCUT2D eigenvalue weighted by atomic mass is 32.2. The summed E-state index contributed by atoms with van der Waals surface area (Å²) >= 11 is 0. The lowest BCUT2D eigenvalue weighted by atomic mass is 10.2. The van der Waals surface area contributed by atoms with Crippen molar-refractivity contribution in [2.24, 2.45) is 0 Å². The van der Waals surface area contributed by atoms with E-state index < -0.39 is 21.0 Å². The van der Waals surface area contributed by atoms with Crippen molar-refractivity contribution in [3.63, 3.8) is 0 Å². The second kappa shape index (κ2) is 5.42. The fourth-order valence-corrected chi connectivity index (χ4v) is 2.21. The Bertz CT molecular complexity index is 362. The van der Waals surface area contributed by atoms with Gasteiger partial charge in [0, 0.05) is 12.5 Å². The Morgan fingerprint density at radius 2 is 2.06 bits per heavy atom. The molecule has 1 unspecified atom stereocenters. The number of hydrogen-bond donors (Lipinski definition) is 1. The van der Waals surface area contributed by atoms with Crippen molar-refractivity contribution in [3.8, 4) is 0 Å². The summed E-state index contributed by atoms with van der Waals surface area (Å²) in [7, 11) is -1.29. The van der Waals surface area contributed by atoms with Gasteiger partial charge in [0.15, 0.2) is 0 Å². The summed E-state index contributed by atoms with van der Waals surface area (Å²) in [6.45, 7) is 4.56. The number of esters is 1. The lowest BCUT2D eigenvalue weighted by Gasteiger charge is -2.31. The highest BCUT2D eigenvalue weighted by Gasteiger charge is 2.45. The standard InChI is InChI=1S/C9H17NO5S/c1-5-8(11)15-9(6-2,7-10(3)4)16(12,13)14/h5H,1,6-7H2,2-4H3,(H,12,13,14). The SMILES string of the molecule is C=CC(=O)OC(CC)(CN(C)C)S(=O)(=O)O. The molecule has 0 rings (SSSR count). The molecule has 94 valence electrons. The molecule has 0 spiro atoms. The molecular formula is C9H17NO5S. The van der Waals surface area contributed by atoms with E-state index in [1.165, 1.54) is 11.8 Å². The van der Waals surface area contributed by atoms with Crippen molar-refractivity contribution in [1.82, 2.24) is 4.90 Å². The molecule has 0 aliphatic rings. The summed E-state index contributed by atoms with van der Waals surface area (Å²) in [5.41, 5.74) is 0. The molecule has 16 heavy (non-hydrogen) atoms. The third-order valence-corrected chi connectivity index (χ3v) is 3.46. The maximum atomic E-state index is 11.3. The van der Waals surface area contributed by atoms with E-state index in [0.717, 1.165) is 6.08 Å². The predicted molar refractivity (Wildman–Crippen MR) is 59.4 cm³/mol.